The van der Waals surface area contributed by atoms with E-state index in [9.17, 15) is 4.79 Å². The summed E-state index contributed by atoms with van der Waals surface area (Å²) in [5, 5.41) is 10.2. The molecule has 0 fully saturated rings. The van der Waals surface area contributed by atoms with Crippen molar-refractivity contribution in [2.24, 2.45) is 0 Å². The Labute approximate surface area is 79.7 Å². The molecule has 0 amide bonds. The normalized spacial score (nSPS) is 10.3. The maximum atomic E-state index is 11.5. The second kappa shape index (κ2) is 3.33. The summed E-state index contributed by atoms with van der Waals surface area (Å²) in [7, 11) is 0. The van der Waals surface area contributed by atoms with Gasteiger partial charge in [0.1, 0.15) is 0 Å². The smallest absolute Gasteiger partial charge is 0.252 e. The van der Waals surface area contributed by atoms with Crippen molar-refractivity contribution < 1.29 is 4.79 Å². The first kappa shape index (κ1) is 8.49. The summed E-state index contributed by atoms with van der Waals surface area (Å²) in [4.78, 5) is 11.5. The fraction of sp³-hybridized carbons (Fsp3) is 0.125. The molecule has 0 aliphatic rings. The molecule has 0 spiro atoms. The van der Waals surface area contributed by atoms with Crippen molar-refractivity contribution in [1.82, 2.24) is 20.0 Å². The summed E-state index contributed by atoms with van der Waals surface area (Å²) in [6.45, 7) is 0. The first-order valence-corrected chi connectivity index (χ1v) is 4.07. The SMILES string of the molecule is Nc1cnn(C(=O)Cc2ccn[nH]2)c1. The molecule has 0 unspecified atom stereocenters. The first-order chi connectivity index (χ1) is 6.75. The number of H-pyrrole nitrogens is 1. The lowest BCUT2D eigenvalue weighted by Crippen LogP contribution is -2.14. The number of rotatable bonds is 2. The number of nitrogens with one attached hydrogen (secondary N) is 1. The lowest BCUT2D eigenvalue weighted by Gasteiger charge is -1.96. The molecule has 6 heteroatoms. The van der Waals surface area contributed by atoms with E-state index in [-0.39, 0.29) is 12.3 Å². The molecule has 0 saturated carbocycles. The minimum absolute atomic E-state index is 0.147. The fourth-order valence-electron chi connectivity index (χ4n) is 1.10. The van der Waals surface area contributed by atoms with Gasteiger partial charge in [-0.2, -0.15) is 10.2 Å². The third-order valence-electron chi connectivity index (χ3n) is 1.76. The summed E-state index contributed by atoms with van der Waals surface area (Å²) in [6.07, 6.45) is 4.75. The second-order valence-electron chi connectivity index (χ2n) is 2.87. The van der Waals surface area contributed by atoms with Gasteiger partial charge in [0.25, 0.3) is 5.91 Å². The van der Waals surface area contributed by atoms with Crippen LogP contribution in [0.1, 0.15) is 10.5 Å². The average molecular weight is 191 g/mol. The minimum atomic E-state index is -0.147. The molecule has 2 heterocycles. The fourth-order valence-corrected chi connectivity index (χ4v) is 1.10. The summed E-state index contributed by atoms with van der Waals surface area (Å²) in [6, 6.07) is 1.74. The summed E-state index contributed by atoms with van der Waals surface area (Å²) < 4.78 is 1.22. The van der Waals surface area contributed by atoms with Gasteiger partial charge in [-0.25, -0.2) is 4.68 Å². The van der Waals surface area contributed by atoms with Crippen LogP contribution in [0.3, 0.4) is 0 Å². The van der Waals surface area contributed by atoms with Crippen LogP contribution in [-0.4, -0.2) is 25.9 Å². The van der Waals surface area contributed by atoms with Gasteiger partial charge in [-0.05, 0) is 6.07 Å². The Hall–Kier alpha value is -2.11. The molecule has 2 aromatic rings. The molecule has 0 aliphatic carbocycles. The maximum Gasteiger partial charge on any atom is 0.252 e. The Kier molecular flexibility index (Phi) is 2.02. The summed E-state index contributed by atoms with van der Waals surface area (Å²) in [5.74, 6) is -0.147. The largest absolute Gasteiger partial charge is 0.396 e. The van der Waals surface area contributed by atoms with Gasteiger partial charge < -0.3 is 5.73 Å². The van der Waals surface area contributed by atoms with Crippen molar-refractivity contribution in [3.05, 3.63) is 30.4 Å². The second-order valence-corrected chi connectivity index (χ2v) is 2.87. The predicted molar refractivity (Wildman–Crippen MR) is 49.6 cm³/mol. The molecule has 6 nitrogen and oxygen atoms in total. The molecule has 0 bridgehead atoms. The summed E-state index contributed by atoms with van der Waals surface area (Å²) >= 11 is 0. The van der Waals surface area contributed by atoms with Crippen LogP contribution in [-0.2, 0) is 6.42 Å². The zero-order valence-corrected chi connectivity index (χ0v) is 7.34. The number of nitrogen functional groups attached to an aromatic ring is 1. The van der Waals surface area contributed by atoms with Crippen LogP contribution in [0.2, 0.25) is 0 Å². The highest BCUT2D eigenvalue weighted by atomic mass is 16.2. The van der Waals surface area contributed by atoms with Crippen LogP contribution in [0.5, 0.6) is 0 Å². The monoisotopic (exact) mass is 191 g/mol. The van der Waals surface area contributed by atoms with Crippen LogP contribution >= 0.6 is 0 Å². The number of aromatic nitrogens is 4. The lowest BCUT2D eigenvalue weighted by atomic mass is 10.3. The average Bonchev–Trinajstić information content (AvgIpc) is 2.75. The zero-order valence-electron chi connectivity index (χ0n) is 7.34. The minimum Gasteiger partial charge on any atom is -0.396 e. The van der Waals surface area contributed by atoms with E-state index in [0.717, 1.165) is 5.69 Å². The molecular weight excluding hydrogens is 182 g/mol. The van der Waals surface area contributed by atoms with Crippen molar-refractivity contribution >= 4 is 11.6 Å². The van der Waals surface area contributed by atoms with Gasteiger partial charge in [0.05, 0.1) is 24.5 Å². The standard InChI is InChI=1S/C8H9N5O/c9-6-4-11-13(5-6)8(14)3-7-1-2-10-12-7/h1-2,4-5H,3,9H2,(H,10,12). The lowest BCUT2D eigenvalue weighted by molar-refractivity contribution is 0.0897. The molecule has 0 atom stereocenters. The molecule has 0 radical (unpaired) electrons. The van der Waals surface area contributed by atoms with Crippen LogP contribution in [0, 0.1) is 0 Å². The molecule has 0 saturated heterocycles. The predicted octanol–water partition coefficient (Wildman–Crippen LogP) is 0.0713. The van der Waals surface area contributed by atoms with E-state index in [1.807, 2.05) is 0 Å². The van der Waals surface area contributed by atoms with Gasteiger partial charge >= 0.3 is 0 Å². The van der Waals surface area contributed by atoms with E-state index in [1.165, 1.54) is 17.1 Å². The molecule has 2 rings (SSSR count). The van der Waals surface area contributed by atoms with E-state index >= 15 is 0 Å². The third-order valence-corrected chi connectivity index (χ3v) is 1.76. The number of carbonyl (C=O) groups is 1. The molecule has 0 aliphatic heterocycles. The van der Waals surface area contributed by atoms with Gasteiger partial charge in [0.2, 0.25) is 0 Å². The van der Waals surface area contributed by atoms with E-state index in [4.69, 9.17) is 5.73 Å². The highest BCUT2D eigenvalue weighted by Gasteiger charge is 2.07. The topological polar surface area (TPSA) is 89.6 Å². The van der Waals surface area contributed by atoms with Crippen LogP contribution in [0.15, 0.2) is 24.7 Å². The molecule has 2 aromatic heterocycles. The van der Waals surface area contributed by atoms with Gasteiger partial charge in [-0.15, -0.1) is 0 Å². The van der Waals surface area contributed by atoms with Crippen molar-refractivity contribution in [3.63, 3.8) is 0 Å². The maximum absolute atomic E-state index is 11.5. The molecule has 3 N–H and O–H groups in total. The molecule has 14 heavy (non-hydrogen) atoms. The van der Waals surface area contributed by atoms with Crippen molar-refractivity contribution in [2.75, 3.05) is 5.73 Å². The third kappa shape index (κ3) is 1.63. The summed E-state index contributed by atoms with van der Waals surface area (Å²) in [5.41, 5.74) is 6.66. The Morgan fingerprint density at radius 3 is 3.07 bits per heavy atom. The molecular formula is C8H9N5O. The number of nitrogens with two attached hydrogens (primary N) is 1. The number of aromatic amines is 1. The molecule has 0 aromatic carbocycles. The number of nitrogens with zero attached hydrogens (tertiary/aromatic N) is 3. The Morgan fingerprint density at radius 2 is 2.50 bits per heavy atom. The van der Waals surface area contributed by atoms with Gasteiger partial charge in [-0.3, -0.25) is 9.89 Å². The number of anilines is 1. The van der Waals surface area contributed by atoms with E-state index in [0.29, 0.717) is 5.69 Å². The van der Waals surface area contributed by atoms with Crippen LogP contribution < -0.4 is 5.73 Å². The van der Waals surface area contributed by atoms with Crippen molar-refractivity contribution in [2.45, 2.75) is 6.42 Å². The van der Waals surface area contributed by atoms with E-state index < -0.39 is 0 Å². The van der Waals surface area contributed by atoms with Gasteiger partial charge in [0.15, 0.2) is 0 Å². The Bertz CT molecular complexity index is 430. The number of carbonyl (C=O) groups excluding carboxylic acids is 1. The van der Waals surface area contributed by atoms with Crippen LogP contribution in [0.4, 0.5) is 5.69 Å². The van der Waals surface area contributed by atoms with E-state index in [2.05, 4.69) is 15.3 Å². The molecule has 72 valence electrons. The Morgan fingerprint density at radius 1 is 1.64 bits per heavy atom. The quantitative estimate of drug-likeness (QED) is 0.703. The van der Waals surface area contributed by atoms with Crippen LogP contribution in [0.25, 0.3) is 0 Å². The van der Waals surface area contributed by atoms with Gasteiger partial charge in [-0.1, -0.05) is 0 Å². The van der Waals surface area contributed by atoms with Crippen molar-refractivity contribution in [1.29, 1.82) is 0 Å². The van der Waals surface area contributed by atoms with E-state index in [1.54, 1.807) is 12.3 Å². The first-order valence-electron chi connectivity index (χ1n) is 4.07. The number of hydrogen-bond acceptors (Lipinski definition) is 4. The van der Waals surface area contributed by atoms with Crippen molar-refractivity contribution in [3.8, 4) is 0 Å². The Balaban J connectivity index is 2.10. The highest BCUT2D eigenvalue weighted by molar-refractivity contribution is 5.80. The van der Waals surface area contributed by atoms with Gasteiger partial charge in [0, 0.05) is 11.9 Å². The zero-order chi connectivity index (χ0) is 9.97. The number of hydrogen-bond donors (Lipinski definition) is 2. The highest BCUT2D eigenvalue weighted by Crippen LogP contribution is 2.01.